The molecule has 14 nitrogen and oxygen atoms in total. The van der Waals surface area contributed by atoms with Gasteiger partial charge in [-0.1, -0.05) is 129 Å². The van der Waals surface area contributed by atoms with E-state index in [0.717, 1.165) is 51.4 Å². The van der Waals surface area contributed by atoms with E-state index in [2.05, 4.69) is 19.2 Å². The van der Waals surface area contributed by atoms with Crippen LogP contribution in [0.5, 0.6) is 0 Å². The fourth-order valence-electron chi connectivity index (χ4n) is 7.06. The van der Waals surface area contributed by atoms with E-state index in [-0.39, 0.29) is 12.5 Å². The van der Waals surface area contributed by atoms with Crippen molar-refractivity contribution in [2.75, 3.05) is 19.8 Å². The molecule has 12 atom stereocenters. The fraction of sp³-hybridized carbons (Fsp3) is 0.974. The van der Waals surface area contributed by atoms with Crippen LogP contribution in [0.4, 0.5) is 0 Å². The summed E-state index contributed by atoms with van der Waals surface area (Å²) in [6.45, 7) is 2.77. The van der Waals surface area contributed by atoms with E-state index < -0.39 is 86.8 Å². The van der Waals surface area contributed by atoms with E-state index in [9.17, 15) is 45.6 Å². The van der Waals surface area contributed by atoms with Crippen molar-refractivity contribution >= 4 is 5.91 Å². The maximum Gasteiger partial charge on any atom is 0.220 e. The Morgan fingerprint density at radius 1 is 0.604 bits per heavy atom. The number of ether oxygens (including phenoxy) is 4. The molecule has 0 spiro atoms. The molecule has 314 valence electrons. The van der Waals surface area contributed by atoms with E-state index in [1.807, 2.05) is 0 Å². The maximum atomic E-state index is 13.0. The van der Waals surface area contributed by atoms with Crippen LogP contribution in [0.2, 0.25) is 0 Å². The molecule has 2 aliphatic heterocycles. The molecule has 2 rings (SSSR count). The van der Waals surface area contributed by atoms with Gasteiger partial charge in [-0.2, -0.15) is 0 Å². The van der Waals surface area contributed by atoms with E-state index in [1.165, 1.54) is 70.6 Å². The van der Waals surface area contributed by atoms with Crippen molar-refractivity contribution in [3.8, 4) is 0 Å². The zero-order valence-electron chi connectivity index (χ0n) is 32.5. The van der Waals surface area contributed by atoms with Crippen molar-refractivity contribution in [1.82, 2.24) is 5.32 Å². The van der Waals surface area contributed by atoms with E-state index in [1.54, 1.807) is 0 Å². The standard InChI is InChI=1S/C39H75NO13/c1-3-5-7-9-11-13-15-16-18-20-22-28(43)27(40-31(44)23-21-19-17-14-12-10-8-6-4-2)26-50-38-36(49)34(47)37(30(25-42)52-38)53-39-35(48)33(46)32(45)29(24-41)51-39/h27-30,32-39,41-43,45-49H,3-26H2,1-2H3,(H,40,44). The van der Waals surface area contributed by atoms with Crippen LogP contribution < -0.4 is 5.32 Å². The third-order valence-corrected chi connectivity index (χ3v) is 10.6. The summed E-state index contributed by atoms with van der Waals surface area (Å²) < 4.78 is 22.6. The first-order valence-electron chi connectivity index (χ1n) is 20.8. The predicted molar refractivity (Wildman–Crippen MR) is 199 cm³/mol. The Bertz CT molecular complexity index is 915. The van der Waals surface area contributed by atoms with Crippen molar-refractivity contribution in [2.24, 2.45) is 0 Å². The number of aliphatic hydroxyl groups excluding tert-OH is 8. The minimum absolute atomic E-state index is 0.213. The average Bonchev–Trinajstić information content (AvgIpc) is 3.15. The molecule has 0 bridgehead atoms. The summed E-state index contributed by atoms with van der Waals surface area (Å²) in [5, 5.41) is 86.2. The lowest BCUT2D eigenvalue weighted by atomic mass is 9.97. The van der Waals surface area contributed by atoms with Crippen LogP contribution in [0, 0.1) is 0 Å². The monoisotopic (exact) mass is 766 g/mol. The Balaban J connectivity index is 1.93. The highest BCUT2D eigenvalue weighted by molar-refractivity contribution is 5.76. The topological polar surface area (TPSA) is 228 Å². The van der Waals surface area contributed by atoms with Crippen LogP contribution in [0.15, 0.2) is 0 Å². The largest absolute Gasteiger partial charge is 0.394 e. The third kappa shape index (κ3) is 17.8. The second-order valence-corrected chi connectivity index (χ2v) is 15.1. The first-order valence-corrected chi connectivity index (χ1v) is 20.8. The third-order valence-electron chi connectivity index (χ3n) is 10.6. The highest BCUT2D eigenvalue weighted by Crippen LogP contribution is 2.30. The Morgan fingerprint density at radius 3 is 1.60 bits per heavy atom. The van der Waals surface area contributed by atoms with Gasteiger partial charge in [-0.25, -0.2) is 0 Å². The molecular formula is C39H75NO13. The summed E-state index contributed by atoms with van der Waals surface area (Å²) in [4.78, 5) is 13.0. The van der Waals surface area contributed by atoms with Crippen molar-refractivity contribution in [3.05, 3.63) is 0 Å². The molecular weight excluding hydrogens is 690 g/mol. The Labute approximate surface area is 317 Å². The van der Waals surface area contributed by atoms with Crippen LogP contribution in [-0.4, -0.2) is 140 Å². The Kier molecular flexibility index (Phi) is 25.8. The van der Waals surface area contributed by atoms with E-state index in [0.29, 0.717) is 12.8 Å². The van der Waals surface area contributed by atoms with Crippen LogP contribution in [0.25, 0.3) is 0 Å². The summed E-state index contributed by atoms with van der Waals surface area (Å²) in [7, 11) is 0. The number of hydrogen-bond donors (Lipinski definition) is 9. The van der Waals surface area contributed by atoms with Gasteiger partial charge in [0.1, 0.15) is 48.8 Å². The van der Waals surface area contributed by atoms with Gasteiger partial charge in [0.15, 0.2) is 12.6 Å². The molecule has 2 fully saturated rings. The number of carbonyl (C=O) groups excluding carboxylic acids is 1. The van der Waals surface area contributed by atoms with Crippen LogP contribution in [0.1, 0.15) is 149 Å². The minimum Gasteiger partial charge on any atom is -0.394 e. The molecule has 0 radical (unpaired) electrons. The Hall–Kier alpha value is -1.01. The SMILES string of the molecule is CCCCCCCCCCCCC(O)C(COC1OC(CO)C(OC2OC(CO)C(O)C(O)C2O)C(O)C1O)NC(=O)CCCCCCCCCCC. The summed E-state index contributed by atoms with van der Waals surface area (Å²) >= 11 is 0. The van der Waals surface area contributed by atoms with E-state index in [4.69, 9.17) is 18.9 Å². The molecule has 0 aromatic rings. The minimum atomic E-state index is -1.78. The average molecular weight is 766 g/mol. The van der Waals surface area contributed by atoms with Crippen molar-refractivity contribution in [2.45, 2.75) is 222 Å². The molecule has 14 heteroatoms. The molecule has 0 aromatic heterocycles. The Morgan fingerprint density at radius 2 is 1.08 bits per heavy atom. The van der Waals surface area contributed by atoms with Gasteiger partial charge in [0.2, 0.25) is 5.91 Å². The number of aliphatic hydroxyl groups is 8. The number of rotatable bonds is 30. The van der Waals surface area contributed by atoms with Crippen molar-refractivity contribution in [1.29, 1.82) is 0 Å². The van der Waals surface area contributed by atoms with Gasteiger partial charge in [0.05, 0.1) is 32.0 Å². The lowest BCUT2D eigenvalue weighted by molar-refractivity contribution is -0.359. The van der Waals surface area contributed by atoms with Crippen LogP contribution >= 0.6 is 0 Å². The predicted octanol–water partition coefficient (Wildman–Crippen LogP) is 2.70. The first-order chi connectivity index (χ1) is 25.6. The summed E-state index contributed by atoms with van der Waals surface area (Å²) in [6, 6.07) is -0.816. The molecule has 53 heavy (non-hydrogen) atoms. The lowest BCUT2D eigenvalue weighted by Gasteiger charge is -2.46. The molecule has 1 amide bonds. The lowest BCUT2D eigenvalue weighted by Crippen LogP contribution is -2.65. The van der Waals surface area contributed by atoms with Gasteiger partial charge < -0.3 is 65.1 Å². The zero-order chi connectivity index (χ0) is 39.0. The first kappa shape index (κ1) is 48.1. The number of carbonyl (C=O) groups is 1. The van der Waals surface area contributed by atoms with Crippen molar-refractivity contribution in [3.63, 3.8) is 0 Å². The number of nitrogens with one attached hydrogen (secondary N) is 1. The van der Waals surface area contributed by atoms with Gasteiger partial charge in [-0.05, 0) is 12.8 Å². The molecule has 2 saturated heterocycles. The van der Waals surface area contributed by atoms with Gasteiger partial charge >= 0.3 is 0 Å². The quantitative estimate of drug-likeness (QED) is 0.0480. The highest BCUT2D eigenvalue weighted by Gasteiger charge is 2.50. The fourth-order valence-corrected chi connectivity index (χ4v) is 7.06. The molecule has 2 aliphatic rings. The second-order valence-electron chi connectivity index (χ2n) is 15.1. The number of hydrogen-bond acceptors (Lipinski definition) is 13. The smallest absolute Gasteiger partial charge is 0.220 e. The van der Waals surface area contributed by atoms with Gasteiger partial charge in [-0.3, -0.25) is 4.79 Å². The van der Waals surface area contributed by atoms with Crippen LogP contribution in [-0.2, 0) is 23.7 Å². The zero-order valence-corrected chi connectivity index (χ0v) is 32.5. The molecule has 12 unspecified atom stereocenters. The number of unbranched alkanes of at least 4 members (excludes halogenated alkanes) is 17. The maximum absolute atomic E-state index is 13.0. The molecule has 0 aromatic carbocycles. The summed E-state index contributed by atoms with van der Waals surface area (Å²) in [5.41, 5.74) is 0. The normalized spacial score (nSPS) is 30.3. The molecule has 0 saturated carbocycles. The second kappa shape index (κ2) is 28.4. The summed E-state index contributed by atoms with van der Waals surface area (Å²) in [5.74, 6) is -0.213. The molecule has 9 N–H and O–H groups in total. The highest BCUT2D eigenvalue weighted by atomic mass is 16.7. The van der Waals surface area contributed by atoms with Crippen LogP contribution in [0.3, 0.4) is 0 Å². The van der Waals surface area contributed by atoms with Gasteiger partial charge in [0, 0.05) is 6.42 Å². The van der Waals surface area contributed by atoms with E-state index >= 15 is 0 Å². The van der Waals surface area contributed by atoms with Gasteiger partial charge in [-0.15, -0.1) is 0 Å². The molecule has 2 heterocycles. The molecule has 0 aliphatic carbocycles. The number of amides is 1. The van der Waals surface area contributed by atoms with Crippen molar-refractivity contribution < 1.29 is 64.6 Å². The van der Waals surface area contributed by atoms with Gasteiger partial charge in [0.25, 0.3) is 0 Å². The summed E-state index contributed by atoms with van der Waals surface area (Å²) in [6.07, 6.45) is 5.66.